The number of nitrogens with zero attached hydrogens (tertiary/aromatic N) is 2. The molecule has 0 saturated heterocycles. The highest BCUT2D eigenvalue weighted by atomic mass is 35.5. The summed E-state index contributed by atoms with van der Waals surface area (Å²) in [5, 5.41) is 7.01. The Morgan fingerprint density at radius 3 is 2.95 bits per heavy atom. The van der Waals surface area contributed by atoms with E-state index in [0.717, 1.165) is 0 Å². The van der Waals surface area contributed by atoms with Crippen LogP contribution in [0, 0.1) is 6.92 Å². The van der Waals surface area contributed by atoms with Crippen LogP contribution in [0.2, 0.25) is 5.02 Å². The molecular weight excluding hydrogens is 306 g/mol. The molecule has 0 saturated carbocycles. The first-order valence-corrected chi connectivity index (χ1v) is 7.21. The summed E-state index contributed by atoms with van der Waals surface area (Å²) in [5.74, 6) is 1.63. The van der Waals surface area contributed by atoms with Gasteiger partial charge in [-0.2, -0.15) is 0 Å². The van der Waals surface area contributed by atoms with Crippen molar-refractivity contribution in [1.82, 2.24) is 10.1 Å². The molecule has 0 fully saturated rings. The monoisotopic (exact) mass is 323 g/mol. The molecule has 1 N–H and O–H groups in total. The van der Waals surface area contributed by atoms with Crippen molar-refractivity contribution < 1.29 is 14.1 Å². The van der Waals surface area contributed by atoms with E-state index in [1.165, 1.54) is 0 Å². The highest BCUT2D eigenvalue weighted by Crippen LogP contribution is 2.16. The van der Waals surface area contributed by atoms with Crippen molar-refractivity contribution in [3.63, 3.8) is 0 Å². The Bertz CT molecular complexity index is 630. The number of likely N-dealkylation sites (N-methyl/N-ethyl adjacent to an activating group) is 1. The Morgan fingerprint density at radius 1 is 1.45 bits per heavy atom. The van der Waals surface area contributed by atoms with Gasteiger partial charge in [0.05, 0.1) is 6.54 Å². The molecule has 0 unspecified atom stereocenters. The van der Waals surface area contributed by atoms with Gasteiger partial charge in [-0.15, -0.1) is 0 Å². The summed E-state index contributed by atoms with van der Waals surface area (Å²) >= 11 is 5.88. The number of hydrogen-bond acceptors (Lipinski definition) is 5. The zero-order chi connectivity index (χ0) is 15.9. The summed E-state index contributed by atoms with van der Waals surface area (Å²) in [6.07, 6.45) is 0. The number of rotatable bonds is 7. The quantitative estimate of drug-likeness (QED) is 0.848. The van der Waals surface area contributed by atoms with Crippen LogP contribution < -0.4 is 10.1 Å². The maximum Gasteiger partial charge on any atom is 0.239 e. The van der Waals surface area contributed by atoms with Gasteiger partial charge in [-0.3, -0.25) is 9.69 Å². The van der Waals surface area contributed by atoms with Gasteiger partial charge in [0, 0.05) is 17.6 Å². The standard InChI is InChI=1S/C15H18ClN3O3/c1-11-8-14(18-22-11)17-15(20)10-19(2)6-7-21-13-5-3-4-12(16)9-13/h3-5,8-9H,6-7,10H2,1-2H3,(H,17,18,20). The van der Waals surface area contributed by atoms with Crippen LogP contribution in [0.15, 0.2) is 34.9 Å². The van der Waals surface area contributed by atoms with Gasteiger partial charge in [0.25, 0.3) is 0 Å². The summed E-state index contributed by atoms with van der Waals surface area (Å²) in [6.45, 7) is 3.08. The van der Waals surface area contributed by atoms with Crippen LogP contribution in [-0.2, 0) is 4.79 Å². The summed E-state index contributed by atoms with van der Waals surface area (Å²) < 4.78 is 10.5. The molecule has 1 aromatic heterocycles. The van der Waals surface area contributed by atoms with E-state index >= 15 is 0 Å². The van der Waals surface area contributed by atoms with E-state index in [4.69, 9.17) is 20.9 Å². The number of benzene rings is 1. The molecule has 0 atom stereocenters. The van der Waals surface area contributed by atoms with Crippen molar-refractivity contribution in [3.05, 3.63) is 41.1 Å². The van der Waals surface area contributed by atoms with Gasteiger partial charge in [0.1, 0.15) is 18.1 Å². The lowest BCUT2D eigenvalue weighted by molar-refractivity contribution is -0.117. The summed E-state index contributed by atoms with van der Waals surface area (Å²) in [7, 11) is 1.84. The Labute approximate surface area is 134 Å². The van der Waals surface area contributed by atoms with Gasteiger partial charge in [-0.25, -0.2) is 0 Å². The van der Waals surface area contributed by atoms with E-state index in [1.807, 2.05) is 24.1 Å². The average molecular weight is 324 g/mol. The molecular formula is C15H18ClN3O3. The second-order valence-corrected chi connectivity index (χ2v) is 5.35. The third kappa shape index (κ3) is 5.38. The smallest absolute Gasteiger partial charge is 0.239 e. The van der Waals surface area contributed by atoms with E-state index in [-0.39, 0.29) is 12.5 Å². The minimum absolute atomic E-state index is 0.154. The van der Waals surface area contributed by atoms with Gasteiger partial charge in [-0.05, 0) is 32.2 Å². The number of amides is 1. The van der Waals surface area contributed by atoms with Crippen LogP contribution in [0.4, 0.5) is 5.82 Å². The Balaban J connectivity index is 1.69. The molecule has 1 aromatic carbocycles. The lowest BCUT2D eigenvalue weighted by atomic mass is 10.3. The highest BCUT2D eigenvalue weighted by molar-refractivity contribution is 6.30. The maximum atomic E-state index is 11.8. The molecule has 2 rings (SSSR count). The Kier molecular flexibility index (Phi) is 5.80. The summed E-state index contributed by atoms with van der Waals surface area (Å²) in [4.78, 5) is 13.7. The maximum absolute atomic E-state index is 11.8. The minimum atomic E-state index is -0.154. The molecule has 22 heavy (non-hydrogen) atoms. The lowest BCUT2D eigenvalue weighted by Crippen LogP contribution is -2.33. The molecule has 0 bridgehead atoms. The topological polar surface area (TPSA) is 67.6 Å². The SMILES string of the molecule is Cc1cc(NC(=O)CN(C)CCOc2cccc(Cl)c2)no1. The van der Waals surface area contributed by atoms with Crippen molar-refractivity contribution in [2.24, 2.45) is 0 Å². The van der Waals surface area contributed by atoms with Crippen molar-refractivity contribution >= 4 is 23.3 Å². The van der Waals surface area contributed by atoms with E-state index in [9.17, 15) is 4.79 Å². The van der Waals surface area contributed by atoms with E-state index in [0.29, 0.717) is 35.5 Å². The van der Waals surface area contributed by atoms with Crippen molar-refractivity contribution in [1.29, 1.82) is 0 Å². The predicted octanol–water partition coefficient (Wildman–Crippen LogP) is 2.59. The lowest BCUT2D eigenvalue weighted by Gasteiger charge is -2.16. The Morgan fingerprint density at radius 2 is 2.27 bits per heavy atom. The average Bonchev–Trinajstić information content (AvgIpc) is 2.83. The molecule has 1 amide bonds. The number of halogens is 1. The third-order valence-electron chi connectivity index (χ3n) is 2.85. The number of aryl methyl sites for hydroxylation is 1. The molecule has 0 radical (unpaired) electrons. The second-order valence-electron chi connectivity index (χ2n) is 4.91. The normalized spacial score (nSPS) is 10.7. The Hall–Kier alpha value is -2.05. The number of anilines is 1. The van der Waals surface area contributed by atoms with E-state index in [1.54, 1.807) is 25.1 Å². The number of hydrogen-bond donors (Lipinski definition) is 1. The fourth-order valence-corrected chi connectivity index (χ4v) is 1.99. The molecule has 118 valence electrons. The molecule has 0 spiro atoms. The first kappa shape index (κ1) is 16.3. The number of ether oxygens (including phenoxy) is 1. The van der Waals surface area contributed by atoms with Crippen molar-refractivity contribution in [2.45, 2.75) is 6.92 Å². The van der Waals surface area contributed by atoms with Gasteiger partial charge in [0.15, 0.2) is 5.82 Å². The molecule has 0 aliphatic heterocycles. The van der Waals surface area contributed by atoms with Crippen molar-refractivity contribution in [3.8, 4) is 5.75 Å². The van der Waals surface area contributed by atoms with E-state index < -0.39 is 0 Å². The fourth-order valence-electron chi connectivity index (χ4n) is 1.81. The van der Waals surface area contributed by atoms with Crippen LogP contribution in [0.25, 0.3) is 0 Å². The van der Waals surface area contributed by atoms with Crippen molar-refractivity contribution in [2.75, 3.05) is 32.1 Å². The second kappa shape index (κ2) is 7.82. The first-order chi connectivity index (χ1) is 10.5. The van der Waals surface area contributed by atoms with Gasteiger partial charge >= 0.3 is 0 Å². The third-order valence-corrected chi connectivity index (χ3v) is 3.08. The minimum Gasteiger partial charge on any atom is -0.492 e. The van der Waals surface area contributed by atoms with Gasteiger partial charge < -0.3 is 14.6 Å². The summed E-state index contributed by atoms with van der Waals surface area (Å²) in [5.41, 5.74) is 0. The first-order valence-electron chi connectivity index (χ1n) is 6.83. The number of carbonyl (C=O) groups excluding carboxylic acids is 1. The van der Waals surface area contributed by atoms with E-state index in [2.05, 4.69) is 10.5 Å². The van der Waals surface area contributed by atoms with Gasteiger partial charge in [0.2, 0.25) is 5.91 Å². The molecule has 0 aliphatic rings. The molecule has 6 nitrogen and oxygen atoms in total. The molecule has 7 heteroatoms. The number of carbonyl (C=O) groups is 1. The zero-order valence-corrected chi connectivity index (χ0v) is 13.3. The zero-order valence-electron chi connectivity index (χ0n) is 12.5. The molecule has 1 heterocycles. The van der Waals surface area contributed by atoms with Crippen LogP contribution >= 0.6 is 11.6 Å². The van der Waals surface area contributed by atoms with Crippen LogP contribution in [0.5, 0.6) is 5.75 Å². The number of aromatic nitrogens is 1. The number of nitrogens with one attached hydrogen (secondary N) is 1. The summed E-state index contributed by atoms with van der Waals surface area (Å²) in [6, 6.07) is 8.87. The van der Waals surface area contributed by atoms with Crippen LogP contribution in [0.1, 0.15) is 5.76 Å². The van der Waals surface area contributed by atoms with Crippen LogP contribution in [0.3, 0.4) is 0 Å². The van der Waals surface area contributed by atoms with Crippen LogP contribution in [-0.4, -0.2) is 42.7 Å². The predicted molar refractivity (Wildman–Crippen MR) is 84.3 cm³/mol. The molecule has 0 aliphatic carbocycles. The fraction of sp³-hybridized carbons (Fsp3) is 0.333. The largest absolute Gasteiger partial charge is 0.492 e. The highest BCUT2D eigenvalue weighted by Gasteiger charge is 2.09. The van der Waals surface area contributed by atoms with Gasteiger partial charge in [-0.1, -0.05) is 22.8 Å². The molecule has 2 aromatic rings.